The van der Waals surface area contributed by atoms with Crippen LogP contribution in [-0.2, 0) is 0 Å². The van der Waals surface area contributed by atoms with E-state index in [2.05, 4.69) is 30.4 Å². The molecule has 4 aromatic heterocycles. The minimum absolute atomic E-state index is 0.240. The van der Waals surface area contributed by atoms with E-state index in [0.717, 1.165) is 16.6 Å². The van der Waals surface area contributed by atoms with Crippen molar-refractivity contribution in [3.05, 3.63) is 90.1 Å². The highest BCUT2D eigenvalue weighted by atomic mass is 19.1. The number of nitrogens with zero attached hydrogens (tertiary/aromatic N) is 4. The van der Waals surface area contributed by atoms with Gasteiger partial charge in [-0.15, -0.1) is 0 Å². The number of hydrogen-bond acceptors (Lipinski definition) is 6. The molecule has 0 saturated heterocycles. The van der Waals surface area contributed by atoms with Crippen LogP contribution in [0.1, 0.15) is 16.1 Å². The highest BCUT2D eigenvalue weighted by Crippen LogP contribution is 2.28. The van der Waals surface area contributed by atoms with Crippen LogP contribution < -0.4 is 5.32 Å². The van der Waals surface area contributed by atoms with Crippen molar-refractivity contribution in [2.45, 2.75) is 6.92 Å². The third kappa shape index (κ3) is 3.78. The van der Waals surface area contributed by atoms with Crippen LogP contribution in [0.4, 0.5) is 10.1 Å². The lowest BCUT2D eigenvalue weighted by molar-refractivity contribution is 0.102. The number of carbonyl (C=O) groups is 1. The van der Waals surface area contributed by atoms with Gasteiger partial charge in [0.05, 0.1) is 39.6 Å². The summed E-state index contributed by atoms with van der Waals surface area (Å²) in [4.78, 5) is 29.7. The fourth-order valence-corrected chi connectivity index (χ4v) is 3.95. The molecule has 0 saturated carbocycles. The number of aryl methyl sites for hydroxylation is 1. The molecule has 0 aliphatic rings. The first-order valence-corrected chi connectivity index (χ1v) is 10.8. The Balaban J connectivity index is 1.31. The Hall–Kier alpha value is -4.92. The third-order valence-electron chi connectivity index (χ3n) is 5.70. The van der Waals surface area contributed by atoms with Gasteiger partial charge in [-0.05, 0) is 67.6 Å². The van der Waals surface area contributed by atoms with Crippen LogP contribution in [0.5, 0.6) is 0 Å². The van der Waals surface area contributed by atoms with E-state index >= 15 is 0 Å². The largest absolute Gasteiger partial charge is 0.337 e. The molecule has 170 valence electrons. The fourth-order valence-electron chi connectivity index (χ4n) is 3.95. The summed E-state index contributed by atoms with van der Waals surface area (Å²) < 4.78 is 18.7. The average Bonchev–Trinajstić information content (AvgIpc) is 3.48. The number of amides is 1. The summed E-state index contributed by atoms with van der Waals surface area (Å²) in [6.45, 7) is 1.75. The number of aromatic nitrogens is 5. The normalized spacial score (nSPS) is 11.3. The van der Waals surface area contributed by atoms with Crippen molar-refractivity contribution < 1.29 is 13.7 Å². The van der Waals surface area contributed by atoms with E-state index in [-0.39, 0.29) is 17.4 Å². The molecule has 2 aromatic carbocycles. The zero-order chi connectivity index (χ0) is 23.9. The summed E-state index contributed by atoms with van der Waals surface area (Å²) >= 11 is 0. The van der Waals surface area contributed by atoms with Gasteiger partial charge in [-0.1, -0.05) is 5.16 Å². The summed E-state index contributed by atoms with van der Waals surface area (Å²) in [5, 5.41) is 7.42. The van der Waals surface area contributed by atoms with E-state index in [0.29, 0.717) is 39.4 Å². The predicted molar refractivity (Wildman–Crippen MR) is 129 cm³/mol. The first kappa shape index (κ1) is 20.7. The van der Waals surface area contributed by atoms with Crippen LogP contribution in [-0.4, -0.2) is 31.0 Å². The number of halogens is 1. The molecule has 0 radical (unpaired) electrons. The van der Waals surface area contributed by atoms with E-state index in [1.165, 1.54) is 12.1 Å². The standard InChI is InChI=1S/C26H17FN6O2/c1-14-23-19(12-21(32-26(23)35-33-14)15-2-6-17(27)7-3-15)25(34)29-18-8-4-16(5-9-18)24-30-20-10-11-28-13-22(20)31-24/h2-13H,1H3,(H,29,34)(H,30,31). The molecule has 9 heteroatoms. The van der Waals surface area contributed by atoms with E-state index < -0.39 is 0 Å². The summed E-state index contributed by atoms with van der Waals surface area (Å²) in [6.07, 6.45) is 3.42. The number of rotatable bonds is 4. The third-order valence-corrected chi connectivity index (χ3v) is 5.70. The first-order valence-electron chi connectivity index (χ1n) is 10.8. The van der Waals surface area contributed by atoms with Crippen LogP contribution in [0, 0.1) is 12.7 Å². The maximum Gasteiger partial charge on any atom is 0.259 e. The molecule has 6 aromatic rings. The molecular weight excluding hydrogens is 447 g/mol. The molecule has 1 amide bonds. The number of fused-ring (bicyclic) bond motifs is 2. The Kier molecular flexibility index (Phi) is 4.81. The van der Waals surface area contributed by atoms with E-state index in [4.69, 9.17) is 4.52 Å². The number of H-pyrrole nitrogens is 1. The van der Waals surface area contributed by atoms with Crippen LogP contribution in [0.15, 0.2) is 77.6 Å². The van der Waals surface area contributed by atoms with Crippen LogP contribution in [0.25, 0.3) is 44.8 Å². The highest BCUT2D eigenvalue weighted by molar-refractivity contribution is 6.13. The van der Waals surface area contributed by atoms with Crippen molar-refractivity contribution in [3.8, 4) is 22.6 Å². The molecule has 0 aliphatic heterocycles. The maximum atomic E-state index is 13.4. The molecule has 0 unspecified atom stereocenters. The fraction of sp³-hybridized carbons (Fsp3) is 0.0385. The summed E-state index contributed by atoms with van der Waals surface area (Å²) in [7, 11) is 0. The molecule has 0 spiro atoms. The van der Waals surface area contributed by atoms with Crippen molar-refractivity contribution in [2.24, 2.45) is 0 Å². The number of nitrogens with one attached hydrogen (secondary N) is 2. The zero-order valence-corrected chi connectivity index (χ0v) is 18.4. The van der Waals surface area contributed by atoms with Crippen LogP contribution >= 0.6 is 0 Å². The highest BCUT2D eigenvalue weighted by Gasteiger charge is 2.20. The van der Waals surface area contributed by atoms with Crippen molar-refractivity contribution in [1.29, 1.82) is 0 Å². The van der Waals surface area contributed by atoms with Gasteiger partial charge in [-0.25, -0.2) is 14.4 Å². The van der Waals surface area contributed by atoms with Crippen molar-refractivity contribution in [2.75, 3.05) is 5.32 Å². The molecule has 35 heavy (non-hydrogen) atoms. The first-order chi connectivity index (χ1) is 17.0. The monoisotopic (exact) mass is 464 g/mol. The number of hydrogen-bond donors (Lipinski definition) is 2. The number of anilines is 1. The summed E-state index contributed by atoms with van der Waals surface area (Å²) in [5.41, 5.74) is 5.45. The Bertz CT molecular complexity index is 1670. The van der Waals surface area contributed by atoms with Gasteiger partial charge < -0.3 is 14.8 Å². The van der Waals surface area contributed by atoms with Gasteiger partial charge in [0.15, 0.2) is 0 Å². The number of imidazole rings is 1. The van der Waals surface area contributed by atoms with Gasteiger partial charge in [0, 0.05) is 23.0 Å². The zero-order valence-electron chi connectivity index (χ0n) is 18.4. The van der Waals surface area contributed by atoms with E-state index in [9.17, 15) is 9.18 Å². The van der Waals surface area contributed by atoms with Gasteiger partial charge in [-0.2, -0.15) is 0 Å². The second-order valence-electron chi connectivity index (χ2n) is 8.02. The number of pyridine rings is 2. The molecule has 4 heterocycles. The Morgan fingerprint density at radius 2 is 1.77 bits per heavy atom. The van der Waals surface area contributed by atoms with Gasteiger partial charge >= 0.3 is 0 Å². The predicted octanol–water partition coefficient (Wildman–Crippen LogP) is 5.53. The van der Waals surface area contributed by atoms with Gasteiger partial charge in [0.1, 0.15) is 11.6 Å². The van der Waals surface area contributed by atoms with Gasteiger partial charge in [0.25, 0.3) is 11.6 Å². The molecule has 0 fully saturated rings. The van der Waals surface area contributed by atoms with E-state index in [1.54, 1.807) is 49.6 Å². The second kappa shape index (κ2) is 8.14. The lowest BCUT2D eigenvalue weighted by Gasteiger charge is -2.09. The number of benzene rings is 2. The van der Waals surface area contributed by atoms with Gasteiger partial charge in [-0.3, -0.25) is 9.78 Å². The molecule has 2 N–H and O–H groups in total. The topological polar surface area (TPSA) is 110 Å². The molecular formula is C26H17FN6O2. The molecule has 6 rings (SSSR count). The molecule has 0 aliphatic carbocycles. The quantitative estimate of drug-likeness (QED) is 0.355. The summed E-state index contributed by atoms with van der Waals surface area (Å²) in [5.74, 6) is 0.0199. The maximum absolute atomic E-state index is 13.4. The Labute approximate surface area is 197 Å². The van der Waals surface area contributed by atoms with Gasteiger partial charge in [0.2, 0.25) is 0 Å². The molecule has 0 bridgehead atoms. The van der Waals surface area contributed by atoms with Crippen molar-refractivity contribution >= 4 is 33.7 Å². The van der Waals surface area contributed by atoms with E-state index in [1.807, 2.05) is 18.2 Å². The lowest BCUT2D eigenvalue weighted by atomic mass is 10.0. The number of carbonyl (C=O) groups excluding carboxylic acids is 1. The summed E-state index contributed by atoms with van der Waals surface area (Å²) in [6, 6.07) is 16.7. The SMILES string of the molecule is Cc1noc2nc(-c3ccc(F)cc3)cc(C(=O)Nc3ccc(-c4nc5ccncc5[nH]4)cc3)c12. The Morgan fingerprint density at radius 1 is 1.00 bits per heavy atom. The minimum Gasteiger partial charge on any atom is -0.337 e. The smallest absolute Gasteiger partial charge is 0.259 e. The average molecular weight is 464 g/mol. The molecule has 8 nitrogen and oxygen atoms in total. The van der Waals surface area contributed by atoms with Crippen molar-refractivity contribution in [3.63, 3.8) is 0 Å². The lowest BCUT2D eigenvalue weighted by Crippen LogP contribution is -2.13. The molecule has 0 atom stereocenters. The van der Waals surface area contributed by atoms with Crippen LogP contribution in [0.3, 0.4) is 0 Å². The van der Waals surface area contributed by atoms with Crippen LogP contribution in [0.2, 0.25) is 0 Å². The second-order valence-corrected chi connectivity index (χ2v) is 8.02. The minimum atomic E-state index is -0.355. The Morgan fingerprint density at radius 3 is 2.54 bits per heavy atom. The number of aromatic amines is 1. The van der Waals surface area contributed by atoms with Crippen molar-refractivity contribution in [1.82, 2.24) is 25.1 Å².